The molecule has 162 valence electrons. The Bertz CT molecular complexity index is 1130. The van der Waals surface area contributed by atoms with E-state index in [1.165, 1.54) is 25.7 Å². The average Bonchev–Trinajstić information content (AvgIpc) is 3.40. The Hall–Kier alpha value is -3.28. The summed E-state index contributed by atoms with van der Waals surface area (Å²) in [6, 6.07) is 10.7. The van der Waals surface area contributed by atoms with Gasteiger partial charge in [-0.05, 0) is 60.2 Å². The average molecular weight is 421 g/mol. The van der Waals surface area contributed by atoms with E-state index >= 15 is 0 Å². The molecule has 1 aromatic heterocycles. The summed E-state index contributed by atoms with van der Waals surface area (Å²) in [6.45, 7) is 0.742. The van der Waals surface area contributed by atoms with Crippen LogP contribution in [0.15, 0.2) is 42.6 Å². The van der Waals surface area contributed by atoms with Crippen molar-refractivity contribution in [3.63, 3.8) is 0 Å². The highest BCUT2D eigenvalue weighted by Crippen LogP contribution is 2.29. The summed E-state index contributed by atoms with van der Waals surface area (Å²) in [7, 11) is 3.52. The van der Waals surface area contributed by atoms with Gasteiger partial charge in [0.2, 0.25) is 0 Å². The number of carboxylic acid groups (broad SMARTS) is 1. The first kappa shape index (κ1) is 21.0. The molecule has 6 nitrogen and oxygen atoms in total. The van der Waals surface area contributed by atoms with Crippen molar-refractivity contribution in [2.75, 3.05) is 13.7 Å². The third-order valence-corrected chi connectivity index (χ3v) is 6.28. The summed E-state index contributed by atoms with van der Waals surface area (Å²) >= 11 is 0. The van der Waals surface area contributed by atoms with Gasteiger partial charge >= 0.3 is 5.97 Å². The number of carboxylic acids is 1. The number of aromatic carboxylic acids is 1. The number of hydrogen-bond donors (Lipinski definition) is 2. The van der Waals surface area contributed by atoms with Gasteiger partial charge in [-0.3, -0.25) is 4.79 Å². The summed E-state index contributed by atoms with van der Waals surface area (Å²) in [5.41, 5.74) is 3.86. The first-order chi connectivity index (χ1) is 15.0. The molecule has 0 saturated heterocycles. The quantitative estimate of drug-likeness (QED) is 0.594. The number of carbonyl (C=O) groups is 2. The fourth-order valence-electron chi connectivity index (χ4n) is 4.54. The van der Waals surface area contributed by atoms with Crippen LogP contribution in [0.3, 0.4) is 0 Å². The van der Waals surface area contributed by atoms with Gasteiger partial charge in [0.1, 0.15) is 5.75 Å². The fourth-order valence-corrected chi connectivity index (χ4v) is 4.54. The minimum absolute atomic E-state index is 0.0352. The molecule has 0 spiro atoms. The number of fused-ring (bicyclic) bond motifs is 1. The molecule has 4 rings (SSSR count). The second-order valence-electron chi connectivity index (χ2n) is 8.37. The molecule has 0 unspecified atom stereocenters. The largest absolute Gasteiger partial charge is 0.496 e. The van der Waals surface area contributed by atoms with Gasteiger partial charge in [-0.25, -0.2) is 4.79 Å². The Kier molecular flexibility index (Phi) is 5.98. The molecule has 0 radical (unpaired) electrons. The zero-order valence-electron chi connectivity index (χ0n) is 18.0. The smallest absolute Gasteiger partial charge is 0.335 e. The van der Waals surface area contributed by atoms with Gasteiger partial charge in [-0.2, -0.15) is 0 Å². The highest BCUT2D eigenvalue weighted by Gasteiger charge is 2.18. The fraction of sp³-hybridized carbons (Fsp3) is 0.360. The highest BCUT2D eigenvalue weighted by molar-refractivity contribution is 5.99. The molecular weight excluding hydrogens is 392 g/mol. The van der Waals surface area contributed by atoms with Crippen LogP contribution in [0.5, 0.6) is 5.75 Å². The van der Waals surface area contributed by atoms with Gasteiger partial charge in [0.05, 0.1) is 12.7 Å². The number of ether oxygens (including phenoxy) is 1. The summed E-state index contributed by atoms with van der Waals surface area (Å²) in [4.78, 5) is 24.0. The number of aryl methyl sites for hydroxylation is 1. The minimum atomic E-state index is -0.983. The Morgan fingerprint density at radius 1 is 1.10 bits per heavy atom. The maximum absolute atomic E-state index is 12.7. The zero-order chi connectivity index (χ0) is 22.0. The predicted molar refractivity (Wildman–Crippen MR) is 120 cm³/mol. The maximum Gasteiger partial charge on any atom is 0.335 e. The lowest BCUT2D eigenvalue weighted by atomic mass is 10.0. The van der Waals surface area contributed by atoms with Crippen molar-refractivity contribution in [1.82, 2.24) is 9.88 Å². The van der Waals surface area contributed by atoms with Crippen molar-refractivity contribution in [1.29, 1.82) is 0 Å². The van der Waals surface area contributed by atoms with Gasteiger partial charge in [-0.1, -0.05) is 18.9 Å². The zero-order valence-corrected chi connectivity index (χ0v) is 18.0. The van der Waals surface area contributed by atoms with Crippen molar-refractivity contribution in [2.24, 2.45) is 13.0 Å². The first-order valence-electron chi connectivity index (χ1n) is 10.7. The molecule has 1 amide bonds. The summed E-state index contributed by atoms with van der Waals surface area (Å²) in [6.07, 6.45) is 7.55. The standard InChI is InChI=1S/C25H28N2O4/c1-27-15-20(11-17-7-8-19(25(29)30)13-23(17)31-2)21-12-18(9-10-22(21)27)24(28)26-14-16-5-3-4-6-16/h7-10,12-13,15-16H,3-6,11,14H2,1-2H3,(H,26,28)(H,29,30). The van der Waals surface area contributed by atoms with Crippen LogP contribution in [0.4, 0.5) is 0 Å². The van der Waals surface area contributed by atoms with Crippen molar-refractivity contribution in [3.05, 3.63) is 64.8 Å². The molecule has 0 atom stereocenters. The van der Waals surface area contributed by atoms with E-state index in [1.54, 1.807) is 25.3 Å². The van der Waals surface area contributed by atoms with E-state index in [-0.39, 0.29) is 11.5 Å². The number of hydrogen-bond acceptors (Lipinski definition) is 3. The predicted octanol–water partition coefficient (Wildman–Crippen LogP) is 4.40. The molecule has 1 aliphatic rings. The number of methoxy groups -OCH3 is 1. The van der Waals surface area contributed by atoms with Crippen molar-refractivity contribution < 1.29 is 19.4 Å². The first-order valence-corrected chi connectivity index (χ1v) is 10.7. The third-order valence-electron chi connectivity index (χ3n) is 6.28. The summed E-state index contributed by atoms with van der Waals surface area (Å²) in [5.74, 6) is 0.124. The van der Waals surface area contributed by atoms with Gasteiger partial charge in [-0.15, -0.1) is 0 Å². The molecule has 6 heteroatoms. The third kappa shape index (κ3) is 4.43. The number of benzene rings is 2. The molecule has 3 aromatic rings. The number of carbonyl (C=O) groups excluding carboxylic acids is 1. The van der Waals surface area contributed by atoms with Crippen LogP contribution in [0, 0.1) is 5.92 Å². The Labute approximate surface area is 181 Å². The van der Waals surface area contributed by atoms with Crippen molar-refractivity contribution in [3.8, 4) is 5.75 Å². The van der Waals surface area contributed by atoms with Crippen LogP contribution < -0.4 is 10.1 Å². The van der Waals surface area contributed by atoms with Crippen molar-refractivity contribution in [2.45, 2.75) is 32.1 Å². The van der Waals surface area contributed by atoms with E-state index < -0.39 is 5.97 Å². The highest BCUT2D eigenvalue weighted by atomic mass is 16.5. The number of rotatable bonds is 7. The lowest BCUT2D eigenvalue weighted by Crippen LogP contribution is -2.28. The Morgan fingerprint density at radius 2 is 1.84 bits per heavy atom. The molecule has 31 heavy (non-hydrogen) atoms. The Morgan fingerprint density at radius 3 is 2.55 bits per heavy atom. The molecule has 2 aromatic carbocycles. The van der Waals surface area contributed by atoms with E-state index in [2.05, 4.69) is 11.5 Å². The monoisotopic (exact) mass is 420 g/mol. The second-order valence-corrected chi connectivity index (χ2v) is 8.37. The summed E-state index contributed by atoms with van der Waals surface area (Å²) < 4.78 is 7.48. The van der Waals surface area contributed by atoms with Gasteiger partial charge in [0, 0.05) is 42.7 Å². The van der Waals surface area contributed by atoms with Crippen LogP contribution >= 0.6 is 0 Å². The molecule has 1 heterocycles. The molecule has 2 N–H and O–H groups in total. The van der Waals surface area contributed by atoms with Crippen LogP contribution in [-0.2, 0) is 13.5 Å². The van der Waals surface area contributed by atoms with Crippen molar-refractivity contribution >= 4 is 22.8 Å². The van der Waals surface area contributed by atoms with Crippen LogP contribution in [0.25, 0.3) is 10.9 Å². The lowest BCUT2D eigenvalue weighted by molar-refractivity contribution is 0.0696. The molecule has 0 aliphatic heterocycles. The number of nitrogens with one attached hydrogen (secondary N) is 1. The van der Waals surface area contributed by atoms with Gasteiger partial charge in [0.25, 0.3) is 5.91 Å². The topological polar surface area (TPSA) is 80.6 Å². The van der Waals surface area contributed by atoms with E-state index in [0.29, 0.717) is 23.7 Å². The molecule has 1 aliphatic carbocycles. The normalized spacial score (nSPS) is 14.1. The maximum atomic E-state index is 12.7. The molecule has 1 saturated carbocycles. The minimum Gasteiger partial charge on any atom is -0.496 e. The van der Waals surface area contributed by atoms with E-state index in [1.807, 2.05) is 29.8 Å². The lowest BCUT2D eigenvalue weighted by Gasteiger charge is -2.11. The number of nitrogens with zero attached hydrogens (tertiary/aromatic N) is 1. The number of aromatic nitrogens is 1. The van der Waals surface area contributed by atoms with Gasteiger partial charge in [0.15, 0.2) is 0 Å². The Balaban J connectivity index is 1.60. The summed E-state index contributed by atoms with van der Waals surface area (Å²) in [5, 5.41) is 13.3. The molecular formula is C25H28N2O4. The van der Waals surface area contributed by atoms with Gasteiger partial charge < -0.3 is 19.7 Å². The van der Waals surface area contributed by atoms with Crippen LogP contribution in [0.1, 0.15) is 57.5 Å². The molecule has 0 bridgehead atoms. The SMILES string of the molecule is COc1cc(C(=O)O)ccc1Cc1cn(C)c2ccc(C(=O)NCC3CCCC3)cc12. The van der Waals surface area contributed by atoms with Crippen LogP contribution in [-0.4, -0.2) is 35.2 Å². The van der Waals surface area contributed by atoms with E-state index in [0.717, 1.165) is 28.6 Å². The van der Waals surface area contributed by atoms with E-state index in [4.69, 9.17) is 4.74 Å². The van der Waals surface area contributed by atoms with Crippen LogP contribution in [0.2, 0.25) is 0 Å². The second kappa shape index (κ2) is 8.84. The van der Waals surface area contributed by atoms with E-state index in [9.17, 15) is 14.7 Å². The number of amides is 1. The molecule has 1 fully saturated rings.